The number of benzene rings is 2. The molecule has 2 aromatic rings. The summed E-state index contributed by atoms with van der Waals surface area (Å²) in [6.45, 7) is 12.5. The lowest BCUT2D eigenvalue weighted by molar-refractivity contribution is -0.123. The Morgan fingerprint density at radius 1 is 1.03 bits per heavy atom. The van der Waals surface area contributed by atoms with E-state index in [1.807, 2.05) is 38.1 Å². The lowest BCUT2D eigenvalue weighted by atomic mass is 9.76. The summed E-state index contributed by atoms with van der Waals surface area (Å²) in [6.07, 6.45) is 6.79. The van der Waals surface area contributed by atoms with Crippen LogP contribution in [0.1, 0.15) is 88.7 Å². The standard InChI is InChI=1S/C30H40N2O3/c1-7-17-29(4,5)27(34)21-13-15-23-20(18-21)11-10-12-24(23)28(35)31-25-19-22(14-16-26(25)33)32-30(6,8-2)9-3/h10-14,16,19,32-33H,7-9,15,17-18H2,1-6H3,(H,31,35). The molecule has 0 unspecified atom stereocenters. The molecule has 1 aliphatic rings. The van der Waals surface area contributed by atoms with Gasteiger partial charge >= 0.3 is 0 Å². The number of amides is 1. The van der Waals surface area contributed by atoms with Crippen molar-refractivity contribution in [1.29, 1.82) is 0 Å². The fourth-order valence-corrected chi connectivity index (χ4v) is 4.78. The molecule has 0 fully saturated rings. The van der Waals surface area contributed by atoms with Crippen molar-refractivity contribution in [2.75, 3.05) is 10.6 Å². The van der Waals surface area contributed by atoms with Crippen LogP contribution < -0.4 is 10.6 Å². The summed E-state index contributed by atoms with van der Waals surface area (Å²) in [5.41, 5.74) is 4.13. The molecule has 5 heteroatoms. The number of hydrogen-bond acceptors (Lipinski definition) is 4. The molecule has 0 radical (unpaired) electrons. The molecule has 35 heavy (non-hydrogen) atoms. The number of anilines is 2. The molecule has 3 rings (SSSR count). The third kappa shape index (κ3) is 5.95. The Morgan fingerprint density at radius 3 is 2.40 bits per heavy atom. The molecular weight excluding hydrogens is 436 g/mol. The Bertz CT molecular complexity index is 1130. The van der Waals surface area contributed by atoms with Crippen LogP contribution in [0, 0.1) is 5.41 Å². The molecule has 0 saturated heterocycles. The molecule has 0 aliphatic heterocycles. The highest BCUT2D eigenvalue weighted by Gasteiger charge is 2.31. The molecule has 3 N–H and O–H groups in total. The Hall–Kier alpha value is -3.08. The maximum absolute atomic E-state index is 13.3. The van der Waals surface area contributed by atoms with Crippen molar-refractivity contribution in [3.05, 3.63) is 64.7 Å². The van der Waals surface area contributed by atoms with E-state index in [1.165, 1.54) is 0 Å². The van der Waals surface area contributed by atoms with Crippen molar-refractivity contribution in [3.63, 3.8) is 0 Å². The zero-order chi connectivity index (χ0) is 25.8. The van der Waals surface area contributed by atoms with Crippen LogP contribution in [0.25, 0.3) is 0 Å². The van der Waals surface area contributed by atoms with Gasteiger partial charge in [0.25, 0.3) is 5.91 Å². The number of phenols is 1. The summed E-state index contributed by atoms with van der Waals surface area (Å²) >= 11 is 0. The van der Waals surface area contributed by atoms with Crippen LogP contribution in [0.3, 0.4) is 0 Å². The molecule has 0 aromatic heterocycles. The van der Waals surface area contributed by atoms with E-state index < -0.39 is 0 Å². The van der Waals surface area contributed by atoms with E-state index >= 15 is 0 Å². The van der Waals surface area contributed by atoms with E-state index in [9.17, 15) is 14.7 Å². The van der Waals surface area contributed by atoms with E-state index in [2.05, 4.69) is 38.3 Å². The maximum atomic E-state index is 13.3. The molecule has 0 heterocycles. The molecule has 0 atom stereocenters. The Morgan fingerprint density at radius 2 is 1.74 bits per heavy atom. The lowest BCUT2D eigenvalue weighted by Gasteiger charge is -2.30. The van der Waals surface area contributed by atoms with Gasteiger partial charge in [-0.3, -0.25) is 9.59 Å². The summed E-state index contributed by atoms with van der Waals surface area (Å²) in [4.78, 5) is 26.4. The second-order valence-corrected chi connectivity index (χ2v) is 10.6. The van der Waals surface area contributed by atoms with Crippen LogP contribution in [0.5, 0.6) is 5.75 Å². The monoisotopic (exact) mass is 476 g/mol. The van der Waals surface area contributed by atoms with Gasteiger partial charge in [-0.25, -0.2) is 0 Å². The Labute approximate surface area is 210 Å². The van der Waals surface area contributed by atoms with Crippen LogP contribution in [0.2, 0.25) is 0 Å². The topological polar surface area (TPSA) is 78.4 Å². The number of aromatic hydroxyl groups is 1. The highest BCUT2D eigenvalue weighted by molar-refractivity contribution is 6.07. The van der Waals surface area contributed by atoms with E-state index in [-0.39, 0.29) is 28.4 Å². The zero-order valence-corrected chi connectivity index (χ0v) is 22.0. The van der Waals surface area contributed by atoms with Crippen molar-refractivity contribution in [2.45, 2.75) is 85.6 Å². The molecule has 0 spiro atoms. The predicted octanol–water partition coefficient (Wildman–Crippen LogP) is 7.06. The van der Waals surface area contributed by atoms with Crippen LogP contribution >= 0.6 is 0 Å². The summed E-state index contributed by atoms with van der Waals surface area (Å²) in [7, 11) is 0. The van der Waals surface area contributed by atoms with Gasteiger partial charge in [-0.2, -0.15) is 0 Å². The fourth-order valence-electron chi connectivity index (χ4n) is 4.78. The molecule has 1 amide bonds. The first-order valence-electron chi connectivity index (χ1n) is 12.8. The largest absolute Gasteiger partial charge is 0.506 e. The molecule has 188 valence electrons. The van der Waals surface area contributed by atoms with Gasteiger partial charge in [0.2, 0.25) is 0 Å². The first-order valence-corrected chi connectivity index (χ1v) is 12.8. The van der Waals surface area contributed by atoms with Crippen molar-refractivity contribution >= 4 is 23.1 Å². The number of phenolic OH excluding ortho intramolecular Hbond substituents is 1. The number of nitrogens with one attached hydrogen (secondary N) is 2. The Kier molecular flexibility index (Phi) is 8.09. The second-order valence-electron chi connectivity index (χ2n) is 10.6. The van der Waals surface area contributed by atoms with Gasteiger partial charge in [0.15, 0.2) is 5.78 Å². The van der Waals surface area contributed by atoms with Gasteiger partial charge in [-0.15, -0.1) is 0 Å². The minimum absolute atomic E-state index is 0.0225. The van der Waals surface area contributed by atoms with Crippen LogP contribution in [0.15, 0.2) is 48.0 Å². The van der Waals surface area contributed by atoms with Gasteiger partial charge in [-0.05, 0) is 73.6 Å². The first-order chi connectivity index (χ1) is 16.5. The van der Waals surface area contributed by atoms with Gasteiger partial charge in [0.1, 0.15) is 5.75 Å². The number of ketones is 1. The molecule has 0 bridgehead atoms. The second kappa shape index (κ2) is 10.7. The quantitative estimate of drug-likeness (QED) is 0.253. The van der Waals surface area contributed by atoms with Gasteiger partial charge in [0.05, 0.1) is 5.69 Å². The van der Waals surface area contributed by atoms with E-state index in [1.54, 1.807) is 18.2 Å². The van der Waals surface area contributed by atoms with E-state index in [4.69, 9.17) is 0 Å². The van der Waals surface area contributed by atoms with Crippen LogP contribution in [0.4, 0.5) is 11.4 Å². The summed E-state index contributed by atoms with van der Waals surface area (Å²) in [6, 6.07) is 10.9. The van der Waals surface area contributed by atoms with Crippen LogP contribution in [-0.4, -0.2) is 22.3 Å². The maximum Gasteiger partial charge on any atom is 0.256 e. The molecule has 2 aromatic carbocycles. The fraction of sp³-hybridized carbons (Fsp3) is 0.467. The normalized spacial score (nSPS) is 13.6. The molecular formula is C30H40N2O3. The number of rotatable bonds is 10. The number of carbonyl (C=O) groups excluding carboxylic acids is 2. The highest BCUT2D eigenvalue weighted by Crippen LogP contribution is 2.34. The van der Waals surface area contributed by atoms with Crippen molar-refractivity contribution in [2.24, 2.45) is 5.41 Å². The third-order valence-corrected chi connectivity index (χ3v) is 7.48. The number of hydrogen-bond donors (Lipinski definition) is 3. The molecule has 1 aliphatic carbocycles. The summed E-state index contributed by atoms with van der Waals surface area (Å²) < 4.78 is 0. The number of allylic oxidation sites excluding steroid dienone is 2. The van der Waals surface area contributed by atoms with Gasteiger partial charge in [-0.1, -0.05) is 59.2 Å². The van der Waals surface area contributed by atoms with Gasteiger partial charge < -0.3 is 15.7 Å². The minimum Gasteiger partial charge on any atom is -0.506 e. The van der Waals surface area contributed by atoms with Crippen molar-refractivity contribution in [3.8, 4) is 5.75 Å². The zero-order valence-electron chi connectivity index (χ0n) is 22.0. The van der Waals surface area contributed by atoms with Crippen molar-refractivity contribution < 1.29 is 14.7 Å². The van der Waals surface area contributed by atoms with E-state index in [0.717, 1.165) is 48.1 Å². The number of carbonyl (C=O) groups is 2. The van der Waals surface area contributed by atoms with Crippen molar-refractivity contribution in [1.82, 2.24) is 0 Å². The first kappa shape index (κ1) is 26.5. The predicted molar refractivity (Wildman–Crippen MR) is 144 cm³/mol. The molecule has 5 nitrogen and oxygen atoms in total. The number of fused-ring (bicyclic) bond motifs is 1. The average molecular weight is 477 g/mol. The lowest BCUT2D eigenvalue weighted by Crippen LogP contribution is -2.32. The summed E-state index contributed by atoms with van der Waals surface area (Å²) in [5.74, 6) is -0.0490. The van der Waals surface area contributed by atoms with E-state index in [0.29, 0.717) is 24.1 Å². The van der Waals surface area contributed by atoms with Gasteiger partial charge in [0, 0.05) is 28.6 Å². The third-order valence-electron chi connectivity index (χ3n) is 7.48. The average Bonchev–Trinajstić information content (AvgIpc) is 2.84. The smallest absolute Gasteiger partial charge is 0.256 e. The SMILES string of the molecule is CCCC(C)(C)C(=O)C1=CCc2c(cccc2C(=O)Nc2cc(NC(C)(CC)CC)ccc2O)C1. The van der Waals surface area contributed by atoms with Crippen LogP contribution in [-0.2, 0) is 17.6 Å². The number of Topliss-reactive ketones (excluding diaryl/α,β-unsaturated/α-hetero) is 1. The Balaban J connectivity index is 1.82. The minimum atomic E-state index is -0.380. The molecule has 0 saturated carbocycles. The highest BCUT2D eigenvalue weighted by atomic mass is 16.3. The summed E-state index contributed by atoms with van der Waals surface area (Å²) in [5, 5.41) is 16.8.